The molecule has 0 unspecified atom stereocenters. The molecular formula is C12H9ClO3. The number of carboxylic acids is 1. The fraction of sp³-hybridized carbons (Fsp3) is 0.0833. The monoisotopic (exact) mass is 236 g/mol. The molecule has 2 aromatic carbocycles. The number of rotatable bonds is 2. The molecule has 4 heteroatoms. The van der Waals surface area contributed by atoms with Crippen LogP contribution in [0.5, 0.6) is 5.75 Å². The molecule has 82 valence electrons. The Morgan fingerprint density at radius 3 is 2.62 bits per heavy atom. The third-order valence-electron chi connectivity index (χ3n) is 2.40. The molecule has 0 amide bonds. The number of benzene rings is 2. The van der Waals surface area contributed by atoms with Crippen LogP contribution in [0.15, 0.2) is 30.3 Å². The minimum atomic E-state index is -1.02. The zero-order chi connectivity index (χ0) is 11.7. The molecule has 16 heavy (non-hydrogen) atoms. The lowest BCUT2D eigenvalue weighted by Gasteiger charge is -2.09. The van der Waals surface area contributed by atoms with Gasteiger partial charge >= 0.3 is 5.97 Å². The first kappa shape index (κ1) is 10.8. The average Bonchev–Trinajstić information content (AvgIpc) is 2.27. The molecular weight excluding hydrogens is 228 g/mol. The van der Waals surface area contributed by atoms with Gasteiger partial charge in [0.05, 0.1) is 7.11 Å². The highest BCUT2D eigenvalue weighted by Gasteiger charge is 2.15. The maximum absolute atomic E-state index is 11.2. The summed E-state index contributed by atoms with van der Waals surface area (Å²) < 4.78 is 5.03. The van der Waals surface area contributed by atoms with Gasteiger partial charge in [0.15, 0.2) is 0 Å². The standard InChI is InChI=1S/C12H9ClO3/c1-16-10-6-5-7-8(11(10)12(14)15)3-2-4-9(7)13/h2-6H,1H3,(H,14,15). The third-order valence-corrected chi connectivity index (χ3v) is 2.73. The number of hydrogen-bond acceptors (Lipinski definition) is 2. The van der Waals surface area contributed by atoms with Crippen molar-refractivity contribution < 1.29 is 14.6 Å². The van der Waals surface area contributed by atoms with E-state index >= 15 is 0 Å². The summed E-state index contributed by atoms with van der Waals surface area (Å²) in [4.78, 5) is 11.2. The normalized spacial score (nSPS) is 10.4. The van der Waals surface area contributed by atoms with Gasteiger partial charge in [0, 0.05) is 15.8 Å². The predicted octanol–water partition coefficient (Wildman–Crippen LogP) is 3.20. The van der Waals surface area contributed by atoms with E-state index in [2.05, 4.69) is 0 Å². The van der Waals surface area contributed by atoms with Crippen molar-refractivity contribution in [3.05, 3.63) is 40.9 Å². The first-order valence-corrected chi connectivity index (χ1v) is 5.01. The summed E-state index contributed by atoms with van der Waals surface area (Å²) in [5.74, 6) is -0.688. The molecule has 1 N–H and O–H groups in total. The molecule has 0 saturated carbocycles. The van der Waals surface area contributed by atoms with Crippen molar-refractivity contribution in [2.45, 2.75) is 0 Å². The molecule has 2 aromatic rings. The van der Waals surface area contributed by atoms with Gasteiger partial charge in [-0.25, -0.2) is 4.79 Å². The van der Waals surface area contributed by atoms with Gasteiger partial charge in [0.1, 0.15) is 11.3 Å². The Morgan fingerprint density at radius 1 is 1.25 bits per heavy atom. The van der Waals surface area contributed by atoms with Crippen LogP contribution < -0.4 is 4.74 Å². The van der Waals surface area contributed by atoms with E-state index in [1.54, 1.807) is 30.3 Å². The Labute approximate surface area is 97.2 Å². The van der Waals surface area contributed by atoms with Crippen molar-refractivity contribution in [1.82, 2.24) is 0 Å². The molecule has 0 aliphatic rings. The number of hydrogen-bond donors (Lipinski definition) is 1. The molecule has 0 fully saturated rings. The van der Waals surface area contributed by atoms with E-state index in [4.69, 9.17) is 21.4 Å². The van der Waals surface area contributed by atoms with Gasteiger partial charge in [-0.15, -0.1) is 0 Å². The number of fused-ring (bicyclic) bond motifs is 1. The van der Waals surface area contributed by atoms with Crippen LogP contribution >= 0.6 is 11.6 Å². The zero-order valence-corrected chi connectivity index (χ0v) is 9.28. The number of aromatic carboxylic acids is 1. The lowest BCUT2D eigenvalue weighted by Crippen LogP contribution is -2.01. The Kier molecular flexibility index (Phi) is 2.71. The Balaban J connectivity index is 2.90. The van der Waals surface area contributed by atoms with Crippen LogP contribution in [-0.4, -0.2) is 18.2 Å². The molecule has 3 nitrogen and oxygen atoms in total. The van der Waals surface area contributed by atoms with Crippen molar-refractivity contribution >= 4 is 28.3 Å². The molecule has 0 bridgehead atoms. The van der Waals surface area contributed by atoms with Crippen LogP contribution in [0.2, 0.25) is 5.02 Å². The molecule has 0 aliphatic heterocycles. The Bertz CT molecular complexity index is 563. The van der Waals surface area contributed by atoms with E-state index in [1.165, 1.54) is 7.11 Å². The minimum Gasteiger partial charge on any atom is -0.496 e. The van der Waals surface area contributed by atoms with E-state index in [1.807, 2.05) is 0 Å². The van der Waals surface area contributed by atoms with Gasteiger partial charge in [-0.1, -0.05) is 23.7 Å². The molecule has 2 rings (SSSR count). The highest BCUT2D eigenvalue weighted by atomic mass is 35.5. The fourth-order valence-corrected chi connectivity index (χ4v) is 1.93. The zero-order valence-electron chi connectivity index (χ0n) is 8.53. The van der Waals surface area contributed by atoms with Crippen molar-refractivity contribution in [3.8, 4) is 5.75 Å². The highest BCUT2D eigenvalue weighted by Crippen LogP contribution is 2.31. The van der Waals surface area contributed by atoms with Gasteiger partial charge in [-0.2, -0.15) is 0 Å². The van der Waals surface area contributed by atoms with Crippen LogP contribution in [-0.2, 0) is 0 Å². The van der Waals surface area contributed by atoms with Crippen molar-refractivity contribution in [3.63, 3.8) is 0 Å². The van der Waals surface area contributed by atoms with E-state index in [0.29, 0.717) is 21.5 Å². The molecule has 0 atom stereocenters. The van der Waals surface area contributed by atoms with Gasteiger partial charge in [-0.05, 0) is 18.2 Å². The van der Waals surface area contributed by atoms with Crippen LogP contribution in [0.1, 0.15) is 10.4 Å². The van der Waals surface area contributed by atoms with Crippen LogP contribution in [0.3, 0.4) is 0 Å². The summed E-state index contributed by atoms with van der Waals surface area (Å²) >= 11 is 6.00. The number of carboxylic acid groups (broad SMARTS) is 1. The van der Waals surface area contributed by atoms with E-state index in [0.717, 1.165) is 0 Å². The Morgan fingerprint density at radius 2 is 2.00 bits per heavy atom. The fourth-order valence-electron chi connectivity index (χ4n) is 1.69. The first-order valence-electron chi connectivity index (χ1n) is 4.63. The second kappa shape index (κ2) is 4.02. The van der Waals surface area contributed by atoms with Crippen LogP contribution in [0.4, 0.5) is 0 Å². The number of methoxy groups -OCH3 is 1. The van der Waals surface area contributed by atoms with E-state index in [-0.39, 0.29) is 5.56 Å². The number of carbonyl (C=O) groups is 1. The maximum atomic E-state index is 11.2. The smallest absolute Gasteiger partial charge is 0.340 e. The summed E-state index contributed by atoms with van der Waals surface area (Å²) in [7, 11) is 1.44. The SMILES string of the molecule is COc1ccc2c(Cl)cccc2c1C(=O)O. The summed E-state index contributed by atoms with van der Waals surface area (Å²) in [5.41, 5.74) is 0.141. The third kappa shape index (κ3) is 1.59. The van der Waals surface area contributed by atoms with Gasteiger partial charge < -0.3 is 9.84 Å². The summed E-state index contributed by atoms with van der Waals surface area (Å²) in [6.07, 6.45) is 0. The summed E-state index contributed by atoms with van der Waals surface area (Å²) in [6, 6.07) is 8.52. The Hall–Kier alpha value is -1.74. The van der Waals surface area contributed by atoms with Crippen LogP contribution in [0, 0.1) is 0 Å². The lowest BCUT2D eigenvalue weighted by atomic mass is 10.0. The first-order chi connectivity index (χ1) is 7.65. The molecule has 0 aliphatic carbocycles. The average molecular weight is 237 g/mol. The van der Waals surface area contributed by atoms with E-state index in [9.17, 15) is 4.79 Å². The van der Waals surface area contributed by atoms with Crippen molar-refractivity contribution in [1.29, 1.82) is 0 Å². The molecule has 0 heterocycles. The minimum absolute atomic E-state index is 0.141. The molecule has 0 aromatic heterocycles. The second-order valence-corrected chi connectivity index (χ2v) is 3.69. The largest absolute Gasteiger partial charge is 0.496 e. The van der Waals surface area contributed by atoms with Gasteiger partial charge in [0.25, 0.3) is 0 Å². The summed E-state index contributed by atoms with van der Waals surface area (Å²) in [5, 5.41) is 11.0. The predicted molar refractivity (Wildman–Crippen MR) is 62.5 cm³/mol. The maximum Gasteiger partial charge on any atom is 0.340 e. The number of halogens is 1. The number of ether oxygens (including phenoxy) is 1. The molecule has 0 spiro atoms. The van der Waals surface area contributed by atoms with Crippen molar-refractivity contribution in [2.24, 2.45) is 0 Å². The lowest BCUT2D eigenvalue weighted by molar-refractivity contribution is 0.0695. The van der Waals surface area contributed by atoms with Gasteiger partial charge in [-0.3, -0.25) is 0 Å². The van der Waals surface area contributed by atoms with E-state index < -0.39 is 5.97 Å². The second-order valence-electron chi connectivity index (χ2n) is 3.28. The van der Waals surface area contributed by atoms with Crippen molar-refractivity contribution in [2.75, 3.05) is 7.11 Å². The quantitative estimate of drug-likeness (QED) is 0.871. The van der Waals surface area contributed by atoms with Crippen LogP contribution in [0.25, 0.3) is 10.8 Å². The topological polar surface area (TPSA) is 46.5 Å². The highest BCUT2D eigenvalue weighted by molar-refractivity contribution is 6.36. The van der Waals surface area contributed by atoms with Gasteiger partial charge in [0.2, 0.25) is 0 Å². The molecule has 0 radical (unpaired) electrons. The molecule has 0 saturated heterocycles. The summed E-state index contributed by atoms with van der Waals surface area (Å²) in [6.45, 7) is 0.